The summed E-state index contributed by atoms with van der Waals surface area (Å²) >= 11 is 7.64. The Hall–Kier alpha value is -2.52. The highest BCUT2D eigenvalue weighted by atomic mass is 35.5. The Morgan fingerprint density at radius 2 is 1.91 bits per heavy atom. The van der Waals surface area contributed by atoms with Crippen LogP contribution in [0.2, 0.25) is 5.02 Å². The number of aromatic hydroxyl groups is 1. The first-order valence-electron chi connectivity index (χ1n) is 10.7. The van der Waals surface area contributed by atoms with E-state index < -0.39 is 5.60 Å². The van der Waals surface area contributed by atoms with Gasteiger partial charge >= 0.3 is 6.09 Å². The van der Waals surface area contributed by atoms with Crippen molar-refractivity contribution in [2.45, 2.75) is 65.1 Å². The highest BCUT2D eigenvalue weighted by Crippen LogP contribution is 2.37. The van der Waals surface area contributed by atoms with Gasteiger partial charge in [0.2, 0.25) is 0 Å². The van der Waals surface area contributed by atoms with Crippen molar-refractivity contribution in [1.82, 2.24) is 15.2 Å². The molecule has 2 heterocycles. The van der Waals surface area contributed by atoms with E-state index in [0.29, 0.717) is 41.0 Å². The van der Waals surface area contributed by atoms with Gasteiger partial charge in [0.1, 0.15) is 22.1 Å². The van der Waals surface area contributed by atoms with E-state index in [4.69, 9.17) is 16.3 Å². The summed E-state index contributed by atoms with van der Waals surface area (Å²) in [5.41, 5.74) is 1.08. The number of likely N-dealkylation sites (tertiary alicyclic amines) is 1. The van der Waals surface area contributed by atoms with Crippen molar-refractivity contribution in [2.75, 3.05) is 18.4 Å². The molecule has 0 atom stereocenters. The number of rotatable bonds is 5. The molecule has 0 saturated carbocycles. The maximum atomic E-state index is 12.5. The van der Waals surface area contributed by atoms with Crippen LogP contribution < -0.4 is 10.6 Å². The summed E-state index contributed by atoms with van der Waals surface area (Å²) in [5, 5.41) is 19.2. The number of carbonyl (C=O) groups is 2. The van der Waals surface area contributed by atoms with Crippen LogP contribution in [0.5, 0.6) is 5.75 Å². The van der Waals surface area contributed by atoms with Crippen molar-refractivity contribution in [2.24, 2.45) is 0 Å². The molecule has 33 heavy (non-hydrogen) atoms. The van der Waals surface area contributed by atoms with E-state index in [2.05, 4.69) is 36.4 Å². The number of carbonyl (C=O) groups excluding carboxylic acids is 2. The third-order valence-electron chi connectivity index (χ3n) is 4.98. The molecule has 1 fully saturated rings. The van der Waals surface area contributed by atoms with E-state index in [0.717, 1.165) is 5.56 Å². The van der Waals surface area contributed by atoms with Crippen LogP contribution in [-0.2, 0) is 16.7 Å². The Bertz CT molecular complexity index is 1040. The van der Waals surface area contributed by atoms with Crippen LogP contribution in [0.25, 0.3) is 0 Å². The van der Waals surface area contributed by atoms with Gasteiger partial charge in [0.15, 0.2) is 0 Å². The standard InChI is InChI=1S/C23H31ClN4O4S/c1-22(2,3)14-7-16(18(29)8-15(14)24)25-9-19-27-17(12-33-19)20(30)26-13-10-28(11-13)21(31)32-23(4,5)6/h7-8,12-13,25,29H,9-11H2,1-6H3,(H,26,30). The smallest absolute Gasteiger partial charge is 0.410 e. The zero-order chi connectivity index (χ0) is 24.6. The number of hydrogen-bond acceptors (Lipinski definition) is 7. The SMILES string of the molecule is CC(C)(C)OC(=O)N1CC(NC(=O)c2csc(CNc3cc(C(C)(C)C)c(Cl)cc3O)n2)C1. The predicted molar refractivity (Wildman–Crippen MR) is 130 cm³/mol. The van der Waals surface area contributed by atoms with Crippen molar-refractivity contribution in [1.29, 1.82) is 0 Å². The highest BCUT2D eigenvalue weighted by molar-refractivity contribution is 7.09. The maximum Gasteiger partial charge on any atom is 0.410 e. The van der Waals surface area contributed by atoms with Gasteiger partial charge in [0.05, 0.1) is 18.3 Å². The monoisotopic (exact) mass is 494 g/mol. The quantitative estimate of drug-likeness (QED) is 0.518. The first-order chi connectivity index (χ1) is 15.2. The van der Waals surface area contributed by atoms with E-state index in [9.17, 15) is 14.7 Å². The summed E-state index contributed by atoms with van der Waals surface area (Å²) in [4.78, 5) is 30.5. The Balaban J connectivity index is 1.53. The average Bonchev–Trinajstić information content (AvgIpc) is 3.10. The number of amides is 2. The van der Waals surface area contributed by atoms with Gasteiger partial charge in [-0.05, 0) is 37.8 Å². The molecule has 2 aromatic rings. The number of nitrogens with zero attached hydrogens (tertiary/aromatic N) is 2. The second-order valence-corrected chi connectivity index (χ2v) is 11.5. The molecule has 180 valence electrons. The molecule has 0 bridgehead atoms. The molecule has 3 N–H and O–H groups in total. The van der Waals surface area contributed by atoms with E-state index in [1.807, 2.05) is 26.8 Å². The van der Waals surface area contributed by atoms with E-state index in [-0.39, 0.29) is 29.2 Å². The number of thiazole rings is 1. The lowest BCUT2D eigenvalue weighted by molar-refractivity contribution is 0.00531. The fraction of sp³-hybridized carbons (Fsp3) is 0.522. The molecule has 3 rings (SSSR count). The van der Waals surface area contributed by atoms with Crippen LogP contribution in [0.1, 0.15) is 62.6 Å². The molecule has 1 aromatic carbocycles. The zero-order valence-electron chi connectivity index (χ0n) is 19.8. The van der Waals surface area contributed by atoms with Crippen LogP contribution in [-0.4, -0.2) is 51.7 Å². The number of anilines is 1. The first-order valence-corrected chi connectivity index (χ1v) is 12.0. The lowest BCUT2D eigenvalue weighted by Crippen LogP contribution is -2.61. The number of phenols is 1. The molecule has 0 spiro atoms. The Morgan fingerprint density at radius 1 is 1.24 bits per heavy atom. The lowest BCUT2D eigenvalue weighted by Gasteiger charge is -2.39. The summed E-state index contributed by atoms with van der Waals surface area (Å²) in [7, 11) is 0. The zero-order valence-corrected chi connectivity index (χ0v) is 21.4. The van der Waals surface area contributed by atoms with Crippen LogP contribution in [0.15, 0.2) is 17.5 Å². The number of nitrogens with one attached hydrogen (secondary N) is 2. The van der Waals surface area contributed by atoms with Gasteiger partial charge in [0, 0.05) is 29.6 Å². The van der Waals surface area contributed by atoms with E-state index >= 15 is 0 Å². The van der Waals surface area contributed by atoms with Crippen molar-refractivity contribution < 1.29 is 19.4 Å². The van der Waals surface area contributed by atoms with Gasteiger partial charge < -0.3 is 25.4 Å². The van der Waals surface area contributed by atoms with Crippen LogP contribution in [0.4, 0.5) is 10.5 Å². The van der Waals surface area contributed by atoms with Gasteiger partial charge in [-0.1, -0.05) is 32.4 Å². The number of hydrogen-bond donors (Lipinski definition) is 3. The molecule has 8 nitrogen and oxygen atoms in total. The lowest BCUT2D eigenvalue weighted by atomic mass is 9.86. The van der Waals surface area contributed by atoms with Crippen LogP contribution >= 0.6 is 22.9 Å². The molecular formula is C23H31ClN4O4S. The van der Waals surface area contributed by atoms with Crippen LogP contribution in [0.3, 0.4) is 0 Å². The Labute approximate surface area is 203 Å². The van der Waals surface area contributed by atoms with Gasteiger partial charge in [-0.15, -0.1) is 11.3 Å². The molecule has 0 radical (unpaired) electrons. The Kier molecular flexibility index (Phi) is 7.14. The van der Waals surface area contributed by atoms with Crippen molar-refractivity contribution in [3.8, 4) is 5.75 Å². The molecule has 1 saturated heterocycles. The maximum absolute atomic E-state index is 12.5. The normalized spacial score (nSPS) is 14.6. The van der Waals surface area contributed by atoms with E-state index in [1.54, 1.807) is 10.3 Å². The molecule has 2 amide bonds. The number of aromatic nitrogens is 1. The summed E-state index contributed by atoms with van der Waals surface area (Å²) in [6.45, 7) is 12.8. The first kappa shape index (κ1) is 25.1. The fourth-order valence-electron chi connectivity index (χ4n) is 3.25. The molecule has 10 heteroatoms. The second-order valence-electron chi connectivity index (χ2n) is 10.1. The summed E-state index contributed by atoms with van der Waals surface area (Å²) in [6, 6.07) is 3.24. The number of phenolic OH excluding ortho intramolecular Hbond substituents is 1. The van der Waals surface area contributed by atoms with Gasteiger partial charge in [0.25, 0.3) is 5.91 Å². The minimum absolute atomic E-state index is 0.0575. The molecule has 1 aromatic heterocycles. The number of benzene rings is 1. The van der Waals surface area contributed by atoms with Crippen LogP contribution in [0, 0.1) is 0 Å². The molecule has 0 unspecified atom stereocenters. The molecule has 1 aliphatic heterocycles. The van der Waals surface area contributed by atoms with Crippen molar-refractivity contribution in [3.63, 3.8) is 0 Å². The van der Waals surface area contributed by atoms with E-state index in [1.165, 1.54) is 17.4 Å². The third kappa shape index (κ3) is 6.51. The van der Waals surface area contributed by atoms with Gasteiger partial charge in [-0.25, -0.2) is 9.78 Å². The Morgan fingerprint density at radius 3 is 2.52 bits per heavy atom. The summed E-state index contributed by atoms with van der Waals surface area (Å²) in [5.74, 6) is -0.224. The topological polar surface area (TPSA) is 104 Å². The number of ether oxygens (including phenoxy) is 1. The van der Waals surface area contributed by atoms with Crippen molar-refractivity contribution in [3.05, 3.63) is 38.8 Å². The second kappa shape index (κ2) is 9.38. The van der Waals surface area contributed by atoms with Gasteiger partial charge in [-0.2, -0.15) is 0 Å². The average molecular weight is 495 g/mol. The third-order valence-corrected chi connectivity index (χ3v) is 6.14. The minimum Gasteiger partial charge on any atom is -0.506 e. The largest absolute Gasteiger partial charge is 0.506 e. The number of halogens is 1. The highest BCUT2D eigenvalue weighted by Gasteiger charge is 2.35. The summed E-state index contributed by atoms with van der Waals surface area (Å²) in [6.07, 6.45) is -0.380. The predicted octanol–water partition coefficient (Wildman–Crippen LogP) is 4.76. The summed E-state index contributed by atoms with van der Waals surface area (Å²) < 4.78 is 5.32. The molecule has 0 aliphatic carbocycles. The molecular weight excluding hydrogens is 464 g/mol. The fourth-order valence-corrected chi connectivity index (χ4v) is 4.41. The minimum atomic E-state index is -0.548. The van der Waals surface area contributed by atoms with Crippen molar-refractivity contribution >= 4 is 40.6 Å². The molecule has 1 aliphatic rings. The van der Waals surface area contributed by atoms with Gasteiger partial charge in [-0.3, -0.25) is 4.79 Å².